The van der Waals surface area contributed by atoms with Crippen LogP contribution in [0.4, 0.5) is 9.59 Å². The fraction of sp³-hybridized carbons (Fsp3) is 0.464. The number of ether oxygens (including phenoxy) is 3. The Hall–Kier alpha value is -3.95. The van der Waals surface area contributed by atoms with Gasteiger partial charge < -0.3 is 34.9 Å². The maximum atomic E-state index is 13.9. The van der Waals surface area contributed by atoms with Crippen molar-refractivity contribution in [2.24, 2.45) is 0 Å². The fourth-order valence-corrected chi connectivity index (χ4v) is 3.79. The van der Waals surface area contributed by atoms with Gasteiger partial charge in [0.05, 0.1) is 14.2 Å². The molecule has 2 aromatic carbocycles. The minimum Gasteiger partial charge on any atom is -0.497 e. The molecular weight excluding hydrogens is 490 g/mol. The lowest BCUT2D eigenvalue weighted by atomic mass is 10.1. The van der Waals surface area contributed by atoms with Gasteiger partial charge in [0.15, 0.2) is 0 Å². The number of hydrogen-bond acceptors (Lipinski definition) is 6. The summed E-state index contributed by atoms with van der Waals surface area (Å²) in [5.74, 6) is 1.06. The molecule has 0 aliphatic rings. The van der Waals surface area contributed by atoms with E-state index in [0.29, 0.717) is 30.8 Å². The number of rotatable bonds is 13. The lowest BCUT2D eigenvalue weighted by molar-refractivity contribution is -0.135. The van der Waals surface area contributed by atoms with Crippen molar-refractivity contribution in [3.63, 3.8) is 0 Å². The highest BCUT2D eigenvalue weighted by molar-refractivity contribution is 5.85. The highest BCUT2D eigenvalue weighted by Gasteiger charge is 2.28. The van der Waals surface area contributed by atoms with Gasteiger partial charge in [0.1, 0.15) is 23.1 Å². The molecule has 2 rings (SSSR count). The van der Waals surface area contributed by atoms with Crippen LogP contribution in [0.15, 0.2) is 48.5 Å². The van der Waals surface area contributed by atoms with E-state index in [2.05, 4.69) is 10.6 Å². The van der Waals surface area contributed by atoms with Gasteiger partial charge in [0.2, 0.25) is 5.91 Å². The molecule has 0 spiro atoms. The quantitative estimate of drug-likeness (QED) is 0.325. The number of nitrogens with zero attached hydrogens (tertiary/aromatic N) is 1. The standard InChI is InChI=1S/C28H39N3O7/c1-28(2,3)38-27(35)30-24(14-6-7-15-29-26(33)34)25(32)31(18-20-10-8-12-22(16-20)36-4)19-21-11-9-13-23(17-21)37-5/h8-13,16-17,24,29H,6-7,14-15,18-19H2,1-5H3,(H,30,35)(H,33,34). The number of methoxy groups -OCH3 is 2. The molecular formula is C28H39N3O7. The summed E-state index contributed by atoms with van der Waals surface area (Å²) in [6, 6.07) is 14.0. The van der Waals surface area contributed by atoms with Crippen LogP contribution in [0.25, 0.3) is 0 Å². The first kappa shape index (κ1) is 30.3. The average Bonchev–Trinajstić information content (AvgIpc) is 2.86. The van der Waals surface area contributed by atoms with Gasteiger partial charge in [0.25, 0.3) is 0 Å². The van der Waals surface area contributed by atoms with Crippen LogP contribution in [0.2, 0.25) is 0 Å². The Morgan fingerprint density at radius 3 is 1.95 bits per heavy atom. The number of carbonyl (C=O) groups excluding carboxylic acids is 2. The largest absolute Gasteiger partial charge is 0.497 e. The van der Waals surface area contributed by atoms with Crippen LogP contribution in [-0.4, -0.2) is 60.5 Å². The van der Waals surface area contributed by atoms with Crippen LogP contribution in [0.1, 0.15) is 51.2 Å². The molecule has 1 unspecified atom stereocenters. The van der Waals surface area contributed by atoms with E-state index < -0.39 is 23.8 Å². The van der Waals surface area contributed by atoms with Crippen molar-refractivity contribution in [1.29, 1.82) is 0 Å². The van der Waals surface area contributed by atoms with Crippen molar-refractivity contribution in [2.45, 2.75) is 64.8 Å². The molecule has 0 saturated heterocycles. The summed E-state index contributed by atoms with van der Waals surface area (Å²) in [5.41, 5.74) is 0.994. The Bertz CT molecular complexity index is 1020. The van der Waals surface area contributed by atoms with E-state index in [4.69, 9.17) is 19.3 Å². The van der Waals surface area contributed by atoms with E-state index >= 15 is 0 Å². The number of unbranched alkanes of at least 4 members (excludes halogenated alkanes) is 1. The minimum atomic E-state index is -1.10. The van der Waals surface area contributed by atoms with Gasteiger partial charge >= 0.3 is 12.2 Å². The van der Waals surface area contributed by atoms with Crippen molar-refractivity contribution < 1.29 is 33.7 Å². The van der Waals surface area contributed by atoms with Gasteiger partial charge in [-0.1, -0.05) is 24.3 Å². The second kappa shape index (κ2) is 14.7. The van der Waals surface area contributed by atoms with Gasteiger partial charge in [-0.05, 0) is 75.4 Å². The first-order valence-corrected chi connectivity index (χ1v) is 12.5. The molecule has 10 nitrogen and oxygen atoms in total. The number of amides is 3. The highest BCUT2D eigenvalue weighted by atomic mass is 16.6. The number of carboxylic acid groups (broad SMARTS) is 1. The normalized spacial score (nSPS) is 11.7. The summed E-state index contributed by atoms with van der Waals surface area (Å²) in [6.45, 7) is 6.05. The molecule has 0 bridgehead atoms. The molecule has 2 aromatic rings. The number of carbonyl (C=O) groups is 3. The Kier molecular flexibility index (Phi) is 11.7. The smallest absolute Gasteiger partial charge is 0.408 e. The predicted molar refractivity (Wildman–Crippen MR) is 143 cm³/mol. The molecule has 0 radical (unpaired) electrons. The third-order valence-electron chi connectivity index (χ3n) is 5.51. The zero-order valence-electron chi connectivity index (χ0n) is 22.8. The molecule has 0 aromatic heterocycles. The van der Waals surface area contributed by atoms with Crippen molar-refractivity contribution in [2.75, 3.05) is 20.8 Å². The Morgan fingerprint density at radius 2 is 1.47 bits per heavy atom. The van der Waals surface area contributed by atoms with E-state index in [9.17, 15) is 14.4 Å². The Morgan fingerprint density at radius 1 is 0.921 bits per heavy atom. The van der Waals surface area contributed by atoms with Crippen LogP contribution in [0.5, 0.6) is 11.5 Å². The SMILES string of the molecule is COc1cccc(CN(Cc2cccc(OC)c2)C(=O)C(CCCCNC(=O)O)NC(=O)OC(C)(C)C)c1. The van der Waals surface area contributed by atoms with E-state index in [-0.39, 0.29) is 25.5 Å². The molecule has 10 heteroatoms. The average molecular weight is 530 g/mol. The van der Waals surface area contributed by atoms with Gasteiger partial charge in [0, 0.05) is 19.6 Å². The zero-order valence-corrected chi connectivity index (χ0v) is 22.8. The lowest BCUT2D eigenvalue weighted by Crippen LogP contribution is -2.49. The van der Waals surface area contributed by atoms with Crippen molar-refractivity contribution in [3.8, 4) is 11.5 Å². The van der Waals surface area contributed by atoms with E-state index in [1.54, 1.807) is 39.9 Å². The minimum absolute atomic E-state index is 0.250. The molecule has 208 valence electrons. The summed E-state index contributed by atoms with van der Waals surface area (Å²) < 4.78 is 16.1. The molecule has 3 amide bonds. The van der Waals surface area contributed by atoms with Crippen molar-refractivity contribution in [1.82, 2.24) is 15.5 Å². The van der Waals surface area contributed by atoms with Crippen LogP contribution in [0.3, 0.4) is 0 Å². The third kappa shape index (κ3) is 11.0. The van der Waals surface area contributed by atoms with Gasteiger partial charge in [-0.3, -0.25) is 4.79 Å². The summed E-state index contributed by atoms with van der Waals surface area (Å²) in [6.07, 6.45) is -0.461. The molecule has 3 N–H and O–H groups in total. The second-order valence-corrected chi connectivity index (χ2v) is 9.82. The van der Waals surface area contributed by atoms with Crippen molar-refractivity contribution in [3.05, 3.63) is 59.7 Å². The maximum absolute atomic E-state index is 13.9. The summed E-state index contributed by atoms with van der Waals surface area (Å²) >= 11 is 0. The molecule has 0 aliphatic carbocycles. The van der Waals surface area contributed by atoms with Gasteiger partial charge in [-0.25, -0.2) is 9.59 Å². The Balaban J connectivity index is 2.30. The molecule has 0 aliphatic heterocycles. The van der Waals surface area contributed by atoms with E-state index in [1.165, 1.54) is 0 Å². The number of nitrogens with one attached hydrogen (secondary N) is 2. The third-order valence-corrected chi connectivity index (χ3v) is 5.51. The predicted octanol–water partition coefficient (Wildman–Crippen LogP) is 4.56. The molecule has 0 saturated carbocycles. The van der Waals surface area contributed by atoms with E-state index in [0.717, 1.165) is 11.1 Å². The first-order chi connectivity index (χ1) is 18.0. The Labute approximate surface area is 224 Å². The van der Waals surface area contributed by atoms with Crippen LogP contribution in [0, 0.1) is 0 Å². The highest BCUT2D eigenvalue weighted by Crippen LogP contribution is 2.20. The zero-order chi connectivity index (χ0) is 28.1. The molecule has 1 atom stereocenters. The second-order valence-electron chi connectivity index (χ2n) is 9.82. The summed E-state index contributed by atoms with van der Waals surface area (Å²) in [7, 11) is 3.16. The molecule has 0 fully saturated rings. The van der Waals surface area contributed by atoms with Gasteiger partial charge in [-0.15, -0.1) is 0 Å². The number of benzene rings is 2. The monoisotopic (exact) mass is 529 g/mol. The van der Waals surface area contributed by atoms with Crippen LogP contribution in [-0.2, 0) is 22.6 Å². The molecule has 0 heterocycles. The topological polar surface area (TPSA) is 126 Å². The van der Waals surface area contributed by atoms with E-state index in [1.807, 2.05) is 48.5 Å². The first-order valence-electron chi connectivity index (χ1n) is 12.5. The molecule has 38 heavy (non-hydrogen) atoms. The fourth-order valence-electron chi connectivity index (χ4n) is 3.79. The van der Waals surface area contributed by atoms with Crippen molar-refractivity contribution >= 4 is 18.1 Å². The van der Waals surface area contributed by atoms with Gasteiger partial charge in [-0.2, -0.15) is 0 Å². The maximum Gasteiger partial charge on any atom is 0.408 e. The summed E-state index contributed by atoms with van der Waals surface area (Å²) in [5, 5.41) is 13.8. The number of alkyl carbamates (subject to hydrolysis) is 1. The summed E-state index contributed by atoms with van der Waals surface area (Å²) in [4.78, 5) is 39.0. The lowest BCUT2D eigenvalue weighted by Gasteiger charge is -2.29. The van der Waals surface area contributed by atoms with Crippen LogP contribution < -0.4 is 20.1 Å². The van der Waals surface area contributed by atoms with Crippen LogP contribution >= 0.6 is 0 Å². The number of hydrogen-bond donors (Lipinski definition) is 3.